The summed E-state index contributed by atoms with van der Waals surface area (Å²) in [4.78, 5) is 15.6. The average molecular weight is 622 g/mol. The molecule has 6 aromatic carbocycles. The molecule has 5 nitrogen and oxygen atoms in total. The van der Waals surface area contributed by atoms with Crippen LogP contribution in [0.15, 0.2) is 136 Å². The van der Waals surface area contributed by atoms with Gasteiger partial charge in [-0.15, -0.1) is 0 Å². The summed E-state index contributed by atoms with van der Waals surface area (Å²) < 4.78 is 13.2. The first-order valence-corrected chi connectivity index (χ1v) is 18.9. The Hall–Kier alpha value is -5.85. The molecule has 0 saturated heterocycles. The predicted molar refractivity (Wildman–Crippen MR) is 193 cm³/mol. The molecule has 0 amide bonds. The molecule has 0 aliphatic carbocycles. The maximum absolute atomic E-state index is 6.76. The van der Waals surface area contributed by atoms with E-state index in [1.165, 1.54) is 21.5 Å². The number of furan rings is 2. The van der Waals surface area contributed by atoms with Crippen LogP contribution in [0.2, 0.25) is 13.1 Å². The van der Waals surface area contributed by atoms with Crippen LogP contribution < -0.4 is 10.4 Å². The molecule has 0 unspecified atom stereocenters. The Morgan fingerprint density at radius 1 is 0.468 bits per heavy atom. The molecule has 1 aliphatic rings. The summed E-state index contributed by atoms with van der Waals surface area (Å²) in [5, 5.41) is 6.94. The largest absolute Gasteiger partial charge is 0.455 e. The fraction of sp³-hybridized carbons (Fsp3) is 0.0488. The van der Waals surface area contributed by atoms with Crippen LogP contribution >= 0.6 is 0 Å². The minimum atomic E-state index is -2.07. The summed E-state index contributed by atoms with van der Waals surface area (Å²) >= 11 is 0. The van der Waals surface area contributed by atoms with E-state index in [0.717, 1.165) is 60.6 Å². The first-order chi connectivity index (χ1) is 23.1. The monoisotopic (exact) mass is 621 g/mol. The average Bonchev–Trinajstić information content (AvgIpc) is 3.76. The van der Waals surface area contributed by atoms with Crippen molar-refractivity contribution in [1.29, 1.82) is 0 Å². The SMILES string of the molecule is C[Si]1(C)c2ccccc2-c2c1cc(-c1nc(-c3ccccc3)nc(-c3cccc4c3oc3ccccc34)n1)c1c2oc2ccccc21. The van der Waals surface area contributed by atoms with Crippen molar-refractivity contribution < 1.29 is 8.83 Å². The van der Waals surface area contributed by atoms with Gasteiger partial charge in [-0.1, -0.05) is 116 Å². The molecule has 222 valence electrons. The van der Waals surface area contributed by atoms with E-state index in [0.29, 0.717) is 17.5 Å². The predicted octanol–water partition coefficient (Wildman–Crippen LogP) is 9.47. The van der Waals surface area contributed by atoms with Crippen molar-refractivity contribution in [3.05, 3.63) is 127 Å². The van der Waals surface area contributed by atoms with E-state index in [9.17, 15) is 0 Å². The quantitative estimate of drug-likeness (QED) is 0.184. The van der Waals surface area contributed by atoms with Gasteiger partial charge in [0.15, 0.2) is 17.5 Å². The number of benzene rings is 6. The van der Waals surface area contributed by atoms with Crippen molar-refractivity contribution >= 4 is 62.3 Å². The minimum absolute atomic E-state index is 0.569. The van der Waals surface area contributed by atoms with Crippen LogP contribution in [0.25, 0.3) is 89.2 Å². The van der Waals surface area contributed by atoms with Crippen LogP contribution in [-0.4, -0.2) is 23.0 Å². The number of nitrogens with zero attached hydrogens (tertiary/aromatic N) is 3. The maximum atomic E-state index is 6.76. The number of fused-ring (bicyclic) bond motifs is 10. The van der Waals surface area contributed by atoms with Crippen molar-refractivity contribution in [1.82, 2.24) is 15.0 Å². The number of hydrogen-bond donors (Lipinski definition) is 0. The Morgan fingerprint density at radius 2 is 1.06 bits per heavy atom. The van der Waals surface area contributed by atoms with Crippen molar-refractivity contribution in [2.75, 3.05) is 0 Å². The molecule has 0 spiro atoms. The number of para-hydroxylation sites is 3. The van der Waals surface area contributed by atoms with Gasteiger partial charge in [0, 0.05) is 38.2 Å². The third kappa shape index (κ3) is 3.73. The van der Waals surface area contributed by atoms with Crippen LogP contribution in [0.4, 0.5) is 0 Å². The lowest BCUT2D eigenvalue weighted by Gasteiger charge is -2.19. The molecule has 0 bridgehead atoms. The highest BCUT2D eigenvalue weighted by Crippen LogP contribution is 2.44. The first-order valence-electron chi connectivity index (χ1n) is 15.9. The second-order valence-corrected chi connectivity index (χ2v) is 17.1. The summed E-state index contributed by atoms with van der Waals surface area (Å²) in [6.07, 6.45) is 0. The van der Waals surface area contributed by atoms with E-state index < -0.39 is 8.07 Å². The topological polar surface area (TPSA) is 65.0 Å². The highest BCUT2D eigenvalue weighted by Gasteiger charge is 2.40. The standard InChI is InChI=1S/C41H27N3O2Si/c1-47(2)33-22-11-8-17-28(33)36-34(47)23-30(35-27-16-7-10-21-32(27)46-38(35)36)41-43-39(24-13-4-3-5-14-24)42-40(44-41)29-19-12-18-26-25-15-6-9-20-31(25)45-37(26)29/h3-23H,1-2H3. The van der Waals surface area contributed by atoms with Gasteiger partial charge in [-0.2, -0.15) is 0 Å². The van der Waals surface area contributed by atoms with Crippen LogP contribution in [0.1, 0.15) is 0 Å². The van der Waals surface area contributed by atoms with Crippen LogP contribution in [0.5, 0.6) is 0 Å². The third-order valence-corrected chi connectivity index (χ3v) is 13.3. The molecule has 0 N–H and O–H groups in total. The summed E-state index contributed by atoms with van der Waals surface area (Å²) in [5.74, 6) is 1.79. The second kappa shape index (κ2) is 9.58. The van der Waals surface area contributed by atoms with Crippen molar-refractivity contribution in [2.45, 2.75) is 13.1 Å². The first kappa shape index (κ1) is 26.4. The van der Waals surface area contributed by atoms with Crippen LogP contribution in [0, 0.1) is 0 Å². The lowest BCUT2D eigenvalue weighted by molar-refractivity contribution is 0.669. The van der Waals surface area contributed by atoms with Gasteiger partial charge < -0.3 is 8.83 Å². The highest BCUT2D eigenvalue weighted by atomic mass is 28.3. The lowest BCUT2D eigenvalue weighted by atomic mass is 9.98. The van der Waals surface area contributed by atoms with E-state index >= 15 is 0 Å². The summed E-state index contributed by atoms with van der Waals surface area (Å²) in [5.41, 5.74) is 8.53. The molecular weight excluding hydrogens is 595 g/mol. The lowest BCUT2D eigenvalue weighted by Crippen LogP contribution is -2.49. The molecular formula is C41H27N3O2Si. The van der Waals surface area contributed by atoms with E-state index in [-0.39, 0.29) is 0 Å². The number of aromatic nitrogens is 3. The molecule has 0 fully saturated rings. The van der Waals surface area contributed by atoms with Gasteiger partial charge in [-0.05, 0) is 40.2 Å². The molecule has 0 saturated carbocycles. The molecule has 3 aromatic heterocycles. The summed E-state index contributed by atoms with van der Waals surface area (Å²) in [6, 6.07) is 43.9. The molecule has 6 heteroatoms. The molecule has 9 aromatic rings. The molecule has 4 heterocycles. The third-order valence-electron chi connectivity index (χ3n) is 9.75. The fourth-order valence-electron chi connectivity index (χ4n) is 7.48. The van der Waals surface area contributed by atoms with Crippen molar-refractivity contribution in [3.8, 4) is 45.3 Å². The van der Waals surface area contributed by atoms with Gasteiger partial charge in [0.25, 0.3) is 0 Å². The zero-order chi connectivity index (χ0) is 31.3. The van der Waals surface area contributed by atoms with Gasteiger partial charge in [0.1, 0.15) is 30.4 Å². The van der Waals surface area contributed by atoms with Crippen molar-refractivity contribution in [2.24, 2.45) is 0 Å². The summed E-state index contributed by atoms with van der Waals surface area (Å²) in [6.45, 7) is 4.85. The molecule has 10 rings (SSSR count). The van der Waals surface area contributed by atoms with Crippen molar-refractivity contribution in [3.63, 3.8) is 0 Å². The highest BCUT2D eigenvalue weighted by molar-refractivity contribution is 7.04. The normalized spacial score (nSPS) is 13.5. The Bertz CT molecular complexity index is 2720. The minimum Gasteiger partial charge on any atom is -0.455 e. The molecule has 47 heavy (non-hydrogen) atoms. The Morgan fingerprint density at radius 3 is 1.89 bits per heavy atom. The second-order valence-electron chi connectivity index (χ2n) is 12.8. The van der Waals surface area contributed by atoms with Gasteiger partial charge in [-0.3, -0.25) is 0 Å². The van der Waals surface area contributed by atoms with E-state index in [4.69, 9.17) is 23.8 Å². The maximum Gasteiger partial charge on any atom is 0.167 e. The van der Waals surface area contributed by atoms with Gasteiger partial charge >= 0.3 is 0 Å². The van der Waals surface area contributed by atoms with E-state index in [2.05, 4.69) is 67.7 Å². The number of rotatable bonds is 3. The molecule has 1 aliphatic heterocycles. The number of hydrogen-bond acceptors (Lipinski definition) is 5. The molecule has 0 radical (unpaired) electrons. The zero-order valence-corrected chi connectivity index (χ0v) is 26.8. The van der Waals surface area contributed by atoms with E-state index in [1.807, 2.05) is 72.8 Å². The van der Waals surface area contributed by atoms with Gasteiger partial charge in [0.2, 0.25) is 0 Å². The Balaban J connectivity index is 1.32. The van der Waals surface area contributed by atoms with Gasteiger partial charge in [-0.25, -0.2) is 15.0 Å². The Kier molecular flexibility index (Phi) is 5.37. The molecule has 0 atom stereocenters. The summed E-state index contributed by atoms with van der Waals surface area (Å²) in [7, 11) is -2.07. The Labute approximate surface area is 271 Å². The van der Waals surface area contributed by atoms with Gasteiger partial charge in [0.05, 0.1) is 5.56 Å². The van der Waals surface area contributed by atoms with E-state index in [1.54, 1.807) is 0 Å². The van der Waals surface area contributed by atoms with Crippen LogP contribution in [-0.2, 0) is 0 Å². The zero-order valence-electron chi connectivity index (χ0n) is 25.8. The smallest absolute Gasteiger partial charge is 0.167 e. The fourth-order valence-corrected chi connectivity index (χ4v) is 10.5. The van der Waals surface area contributed by atoms with Crippen LogP contribution in [0.3, 0.4) is 0 Å².